The molecular weight excluding hydrogens is 262 g/mol. The Morgan fingerprint density at radius 2 is 1.94 bits per heavy atom. The molecule has 3 N–H and O–H groups in total. The first-order chi connectivity index (χ1) is 7.99. The maximum Gasteiger partial charge on any atom is 0.301 e. The highest BCUT2D eigenvalue weighted by molar-refractivity contribution is 7.90. The molecule has 1 aromatic rings. The Labute approximate surface area is 106 Å². The summed E-state index contributed by atoms with van der Waals surface area (Å²) in [6, 6.07) is 4.69. The molecule has 1 aromatic carbocycles. The van der Waals surface area contributed by atoms with Crippen molar-refractivity contribution in [1.29, 1.82) is 0 Å². The number of nitrogens with zero attached hydrogens (tertiary/aromatic N) is 1. The number of anilines is 2. The Balaban J connectivity index is 2.22. The van der Waals surface area contributed by atoms with E-state index in [0.717, 1.165) is 12.8 Å². The highest BCUT2D eigenvalue weighted by Gasteiger charge is 2.25. The first kappa shape index (κ1) is 12.5. The summed E-state index contributed by atoms with van der Waals surface area (Å²) in [6.45, 7) is 1.10. The van der Waals surface area contributed by atoms with Crippen LogP contribution in [0.1, 0.15) is 12.8 Å². The molecule has 1 aliphatic rings. The predicted octanol–water partition coefficient (Wildman–Crippen LogP) is 1.67. The maximum atomic E-state index is 12.0. The summed E-state index contributed by atoms with van der Waals surface area (Å²) in [5.41, 5.74) is 6.37. The number of nitrogens with two attached hydrogens (primary N) is 1. The smallest absolute Gasteiger partial charge is 0.301 e. The van der Waals surface area contributed by atoms with Crippen molar-refractivity contribution in [1.82, 2.24) is 4.31 Å². The fraction of sp³-hybridized carbons (Fsp3) is 0.400. The molecule has 2 rings (SSSR count). The predicted molar refractivity (Wildman–Crippen MR) is 69.2 cm³/mol. The molecule has 1 saturated heterocycles. The number of hydrogen-bond acceptors (Lipinski definition) is 3. The van der Waals surface area contributed by atoms with E-state index in [4.69, 9.17) is 17.3 Å². The molecule has 1 heterocycles. The molecule has 1 aliphatic heterocycles. The first-order valence-electron chi connectivity index (χ1n) is 5.32. The molecule has 17 heavy (non-hydrogen) atoms. The number of halogens is 1. The minimum absolute atomic E-state index is 0.324. The van der Waals surface area contributed by atoms with Crippen molar-refractivity contribution in [2.45, 2.75) is 12.8 Å². The Hall–Kier alpha value is -0.980. The van der Waals surface area contributed by atoms with Crippen molar-refractivity contribution in [3.63, 3.8) is 0 Å². The van der Waals surface area contributed by atoms with Crippen molar-refractivity contribution in [2.75, 3.05) is 23.5 Å². The van der Waals surface area contributed by atoms with Gasteiger partial charge in [-0.1, -0.05) is 11.6 Å². The van der Waals surface area contributed by atoms with E-state index in [1.165, 1.54) is 10.4 Å². The second kappa shape index (κ2) is 4.72. The van der Waals surface area contributed by atoms with Crippen LogP contribution >= 0.6 is 11.6 Å². The summed E-state index contributed by atoms with van der Waals surface area (Å²) in [6.07, 6.45) is 1.79. The van der Waals surface area contributed by atoms with Crippen LogP contribution in [-0.4, -0.2) is 25.8 Å². The zero-order valence-electron chi connectivity index (χ0n) is 9.19. The van der Waals surface area contributed by atoms with Crippen molar-refractivity contribution in [3.05, 3.63) is 23.2 Å². The zero-order valence-corrected chi connectivity index (χ0v) is 10.8. The summed E-state index contributed by atoms with van der Waals surface area (Å²) in [5, 5.41) is 0.443. The lowest BCUT2D eigenvalue weighted by Gasteiger charge is -2.17. The summed E-state index contributed by atoms with van der Waals surface area (Å²) >= 11 is 5.80. The molecule has 0 amide bonds. The third kappa shape index (κ3) is 2.83. The highest BCUT2D eigenvalue weighted by Crippen LogP contribution is 2.25. The van der Waals surface area contributed by atoms with E-state index in [9.17, 15) is 8.42 Å². The van der Waals surface area contributed by atoms with Gasteiger partial charge in [-0.25, -0.2) is 0 Å². The van der Waals surface area contributed by atoms with Crippen molar-refractivity contribution in [3.8, 4) is 0 Å². The van der Waals surface area contributed by atoms with Gasteiger partial charge in [0.2, 0.25) is 0 Å². The van der Waals surface area contributed by atoms with Gasteiger partial charge < -0.3 is 5.73 Å². The van der Waals surface area contributed by atoms with Crippen molar-refractivity contribution < 1.29 is 8.42 Å². The number of nitrogens with one attached hydrogen (secondary N) is 1. The van der Waals surface area contributed by atoms with Gasteiger partial charge in [0, 0.05) is 18.1 Å². The Bertz CT molecular complexity index is 512. The van der Waals surface area contributed by atoms with Crippen LogP contribution in [-0.2, 0) is 10.2 Å². The van der Waals surface area contributed by atoms with Gasteiger partial charge in [0.25, 0.3) is 0 Å². The molecule has 1 fully saturated rings. The lowest BCUT2D eigenvalue weighted by Crippen LogP contribution is -2.33. The van der Waals surface area contributed by atoms with Crippen LogP contribution in [0.5, 0.6) is 0 Å². The molecule has 0 aromatic heterocycles. The quantitative estimate of drug-likeness (QED) is 0.824. The summed E-state index contributed by atoms with van der Waals surface area (Å²) in [7, 11) is -3.51. The van der Waals surface area contributed by atoms with Gasteiger partial charge in [0.1, 0.15) is 0 Å². The molecule has 94 valence electrons. The zero-order chi connectivity index (χ0) is 12.5. The van der Waals surface area contributed by atoms with Crippen LogP contribution in [0.25, 0.3) is 0 Å². The van der Waals surface area contributed by atoms with Gasteiger partial charge in [-0.05, 0) is 31.0 Å². The lowest BCUT2D eigenvalue weighted by molar-refractivity contribution is 0.482. The van der Waals surface area contributed by atoms with Crippen LogP contribution in [0.3, 0.4) is 0 Å². The molecule has 0 unspecified atom stereocenters. The number of rotatable bonds is 3. The van der Waals surface area contributed by atoms with Gasteiger partial charge in [-0.2, -0.15) is 12.7 Å². The fourth-order valence-electron chi connectivity index (χ4n) is 1.75. The highest BCUT2D eigenvalue weighted by atomic mass is 35.5. The maximum absolute atomic E-state index is 12.0. The van der Waals surface area contributed by atoms with Crippen LogP contribution in [0.4, 0.5) is 11.4 Å². The monoisotopic (exact) mass is 275 g/mol. The SMILES string of the molecule is Nc1ccc(Cl)cc1NS(=O)(=O)N1CCCC1. The molecule has 7 heteroatoms. The van der Waals surface area contributed by atoms with E-state index in [-0.39, 0.29) is 0 Å². The largest absolute Gasteiger partial charge is 0.397 e. The average molecular weight is 276 g/mol. The van der Waals surface area contributed by atoms with Gasteiger partial charge in [-0.15, -0.1) is 0 Å². The van der Waals surface area contributed by atoms with Crippen LogP contribution in [0.2, 0.25) is 5.02 Å². The minimum atomic E-state index is -3.51. The van der Waals surface area contributed by atoms with Crippen LogP contribution in [0.15, 0.2) is 18.2 Å². The van der Waals surface area contributed by atoms with E-state index in [1.807, 2.05) is 0 Å². The van der Waals surface area contributed by atoms with E-state index < -0.39 is 10.2 Å². The molecule has 0 radical (unpaired) electrons. The molecule has 0 aliphatic carbocycles. The third-order valence-corrected chi connectivity index (χ3v) is 4.42. The van der Waals surface area contributed by atoms with Crippen LogP contribution in [0, 0.1) is 0 Å². The fourth-order valence-corrected chi connectivity index (χ4v) is 3.24. The second-order valence-corrected chi connectivity index (χ2v) is 6.05. The van der Waals surface area contributed by atoms with Gasteiger partial charge in [0.15, 0.2) is 0 Å². The van der Waals surface area contributed by atoms with Crippen molar-refractivity contribution >= 4 is 33.2 Å². The first-order valence-corrected chi connectivity index (χ1v) is 7.14. The summed E-state index contributed by atoms with van der Waals surface area (Å²) in [4.78, 5) is 0. The van der Waals surface area contributed by atoms with Gasteiger partial charge >= 0.3 is 10.2 Å². The van der Waals surface area contributed by atoms with E-state index in [0.29, 0.717) is 29.5 Å². The summed E-state index contributed by atoms with van der Waals surface area (Å²) in [5.74, 6) is 0. The third-order valence-electron chi connectivity index (χ3n) is 2.66. The van der Waals surface area contributed by atoms with Crippen LogP contribution < -0.4 is 10.5 Å². The summed E-state index contributed by atoms with van der Waals surface area (Å²) < 4.78 is 27.8. The number of benzene rings is 1. The Morgan fingerprint density at radius 3 is 2.59 bits per heavy atom. The number of nitrogen functional groups attached to an aromatic ring is 1. The van der Waals surface area contributed by atoms with Gasteiger partial charge in [0.05, 0.1) is 11.4 Å². The minimum Gasteiger partial charge on any atom is -0.397 e. The Morgan fingerprint density at radius 1 is 1.29 bits per heavy atom. The van der Waals surface area contributed by atoms with E-state index >= 15 is 0 Å². The molecule has 0 spiro atoms. The normalized spacial score (nSPS) is 17.2. The van der Waals surface area contributed by atoms with Crippen molar-refractivity contribution in [2.24, 2.45) is 0 Å². The van der Waals surface area contributed by atoms with E-state index in [1.54, 1.807) is 12.1 Å². The molecule has 5 nitrogen and oxygen atoms in total. The molecular formula is C10H14ClN3O2S. The topological polar surface area (TPSA) is 75.4 Å². The van der Waals surface area contributed by atoms with Gasteiger partial charge in [-0.3, -0.25) is 4.72 Å². The standard InChI is InChI=1S/C10H14ClN3O2S/c11-8-3-4-9(12)10(7-8)13-17(15,16)14-5-1-2-6-14/h3-4,7,13H,1-2,5-6,12H2. The lowest BCUT2D eigenvalue weighted by atomic mass is 10.3. The Kier molecular flexibility index (Phi) is 3.46. The molecule has 0 bridgehead atoms. The number of hydrogen-bond donors (Lipinski definition) is 2. The molecule has 0 atom stereocenters. The molecule has 0 saturated carbocycles. The second-order valence-electron chi connectivity index (χ2n) is 3.94. The average Bonchev–Trinajstić information content (AvgIpc) is 2.77. The van der Waals surface area contributed by atoms with E-state index in [2.05, 4.69) is 4.72 Å².